The number of anilines is 1. The molecule has 1 aromatic carbocycles. The SMILES string of the molecule is Cc1ccc(N2C(=O)C(=Cc3ccco3)SC2=S)c(C)c1. The van der Waals surface area contributed by atoms with E-state index >= 15 is 0 Å². The van der Waals surface area contributed by atoms with Crippen LogP contribution in [0.25, 0.3) is 6.08 Å². The van der Waals surface area contributed by atoms with Crippen LogP contribution in [0.1, 0.15) is 16.9 Å². The number of benzene rings is 1. The second kappa shape index (κ2) is 5.50. The van der Waals surface area contributed by atoms with Crippen molar-refractivity contribution in [1.29, 1.82) is 0 Å². The van der Waals surface area contributed by atoms with Crippen molar-refractivity contribution < 1.29 is 9.21 Å². The molecular formula is C16H13NO2S2. The van der Waals surface area contributed by atoms with Gasteiger partial charge in [-0.15, -0.1) is 0 Å². The number of hydrogen-bond acceptors (Lipinski definition) is 4. The average molecular weight is 315 g/mol. The van der Waals surface area contributed by atoms with Crippen LogP contribution >= 0.6 is 24.0 Å². The number of carbonyl (C=O) groups is 1. The van der Waals surface area contributed by atoms with Gasteiger partial charge in [0.05, 0.1) is 16.9 Å². The number of furan rings is 1. The second-order valence-corrected chi connectivity index (χ2v) is 6.50. The van der Waals surface area contributed by atoms with E-state index in [9.17, 15) is 4.79 Å². The van der Waals surface area contributed by atoms with Crippen LogP contribution in [0.2, 0.25) is 0 Å². The molecule has 0 saturated carbocycles. The van der Waals surface area contributed by atoms with Gasteiger partial charge < -0.3 is 4.42 Å². The molecule has 5 heteroatoms. The number of thioether (sulfide) groups is 1. The molecule has 1 saturated heterocycles. The van der Waals surface area contributed by atoms with Gasteiger partial charge in [0.2, 0.25) is 0 Å². The summed E-state index contributed by atoms with van der Waals surface area (Å²) in [6.07, 6.45) is 3.31. The van der Waals surface area contributed by atoms with Crippen LogP contribution in [0, 0.1) is 13.8 Å². The molecule has 3 rings (SSSR count). The maximum atomic E-state index is 12.6. The molecule has 0 unspecified atom stereocenters. The Bertz CT molecular complexity index is 748. The van der Waals surface area contributed by atoms with E-state index in [1.807, 2.05) is 38.1 Å². The molecule has 21 heavy (non-hydrogen) atoms. The molecule has 0 atom stereocenters. The lowest BCUT2D eigenvalue weighted by Crippen LogP contribution is -2.28. The first-order chi connectivity index (χ1) is 10.1. The van der Waals surface area contributed by atoms with E-state index in [4.69, 9.17) is 16.6 Å². The topological polar surface area (TPSA) is 33.5 Å². The smallest absolute Gasteiger partial charge is 0.270 e. The van der Waals surface area contributed by atoms with Crippen LogP contribution in [0.4, 0.5) is 5.69 Å². The lowest BCUT2D eigenvalue weighted by Gasteiger charge is -2.17. The fourth-order valence-corrected chi connectivity index (χ4v) is 3.50. The predicted octanol–water partition coefficient (Wildman–Crippen LogP) is 4.30. The first-order valence-electron chi connectivity index (χ1n) is 6.45. The fourth-order valence-electron chi connectivity index (χ4n) is 2.23. The third-order valence-electron chi connectivity index (χ3n) is 3.20. The van der Waals surface area contributed by atoms with E-state index in [1.54, 1.807) is 23.3 Å². The van der Waals surface area contributed by atoms with Crippen LogP contribution in [-0.2, 0) is 4.79 Å². The Hall–Kier alpha value is -1.85. The predicted molar refractivity (Wildman–Crippen MR) is 90.3 cm³/mol. The van der Waals surface area contributed by atoms with Crippen molar-refractivity contribution in [2.45, 2.75) is 13.8 Å². The summed E-state index contributed by atoms with van der Waals surface area (Å²) < 4.78 is 5.80. The number of hydrogen-bond donors (Lipinski definition) is 0. The Morgan fingerprint density at radius 3 is 2.76 bits per heavy atom. The number of thiocarbonyl (C=S) groups is 1. The minimum absolute atomic E-state index is 0.103. The average Bonchev–Trinajstić information content (AvgIpc) is 3.02. The second-order valence-electron chi connectivity index (χ2n) is 4.82. The standard InChI is InChI=1S/C16H13NO2S2/c1-10-5-6-13(11(2)8-10)17-15(18)14(21-16(17)20)9-12-4-3-7-19-12/h3-9H,1-2H3. The Labute approximate surface area is 132 Å². The summed E-state index contributed by atoms with van der Waals surface area (Å²) in [5.74, 6) is 0.546. The van der Waals surface area contributed by atoms with Crippen molar-refractivity contribution in [2.24, 2.45) is 0 Å². The number of carbonyl (C=O) groups excluding carboxylic acids is 1. The zero-order valence-corrected chi connectivity index (χ0v) is 13.3. The van der Waals surface area contributed by atoms with Crippen LogP contribution in [0.5, 0.6) is 0 Å². The molecule has 3 nitrogen and oxygen atoms in total. The summed E-state index contributed by atoms with van der Waals surface area (Å²) in [7, 11) is 0. The molecule has 2 aromatic rings. The Morgan fingerprint density at radius 2 is 2.10 bits per heavy atom. The zero-order valence-electron chi connectivity index (χ0n) is 11.6. The maximum Gasteiger partial charge on any atom is 0.270 e. The summed E-state index contributed by atoms with van der Waals surface area (Å²) in [5.41, 5.74) is 3.03. The molecule has 0 aliphatic carbocycles. The van der Waals surface area contributed by atoms with E-state index in [-0.39, 0.29) is 5.91 Å². The normalized spacial score (nSPS) is 17.0. The van der Waals surface area contributed by atoms with Gasteiger partial charge in [-0.25, -0.2) is 0 Å². The Balaban J connectivity index is 1.98. The summed E-state index contributed by atoms with van der Waals surface area (Å²) in [6, 6.07) is 9.56. The molecule has 0 N–H and O–H groups in total. The van der Waals surface area contributed by atoms with E-state index in [2.05, 4.69) is 0 Å². The molecule has 1 amide bonds. The van der Waals surface area contributed by atoms with E-state index in [0.717, 1.165) is 16.8 Å². The maximum absolute atomic E-state index is 12.6. The molecule has 1 aliphatic heterocycles. The van der Waals surface area contributed by atoms with Gasteiger partial charge in [0.1, 0.15) is 5.76 Å². The molecular weight excluding hydrogens is 302 g/mol. The van der Waals surface area contributed by atoms with Crippen LogP contribution in [-0.4, -0.2) is 10.2 Å². The number of aryl methyl sites for hydroxylation is 2. The summed E-state index contributed by atoms with van der Waals surface area (Å²) >= 11 is 6.66. The third-order valence-corrected chi connectivity index (χ3v) is 4.51. The molecule has 2 heterocycles. The lowest BCUT2D eigenvalue weighted by molar-refractivity contribution is -0.113. The van der Waals surface area contributed by atoms with Gasteiger partial charge in [-0.1, -0.05) is 41.7 Å². The van der Waals surface area contributed by atoms with E-state index in [1.165, 1.54) is 11.8 Å². The first kappa shape index (κ1) is 14.1. The Morgan fingerprint density at radius 1 is 1.29 bits per heavy atom. The van der Waals surface area contributed by atoms with Crippen LogP contribution < -0.4 is 4.90 Å². The van der Waals surface area contributed by atoms with E-state index in [0.29, 0.717) is 15.0 Å². The highest BCUT2D eigenvalue weighted by Gasteiger charge is 2.34. The molecule has 106 valence electrons. The Kier molecular flexibility index (Phi) is 3.69. The quantitative estimate of drug-likeness (QED) is 0.611. The van der Waals surface area contributed by atoms with Crippen molar-refractivity contribution in [3.63, 3.8) is 0 Å². The largest absolute Gasteiger partial charge is 0.465 e. The third kappa shape index (κ3) is 2.66. The van der Waals surface area contributed by atoms with Crippen molar-refractivity contribution in [3.8, 4) is 0 Å². The summed E-state index contributed by atoms with van der Waals surface area (Å²) in [5, 5.41) is 0. The van der Waals surface area contributed by atoms with Crippen molar-refractivity contribution in [2.75, 3.05) is 4.90 Å². The van der Waals surface area contributed by atoms with E-state index < -0.39 is 0 Å². The first-order valence-corrected chi connectivity index (χ1v) is 7.67. The van der Waals surface area contributed by atoms with Gasteiger partial charge in [-0.3, -0.25) is 9.69 Å². The van der Waals surface area contributed by atoms with Crippen molar-refractivity contribution in [3.05, 3.63) is 58.4 Å². The molecule has 0 bridgehead atoms. The van der Waals surface area contributed by atoms with Gasteiger partial charge in [0.15, 0.2) is 4.32 Å². The van der Waals surface area contributed by atoms with Crippen molar-refractivity contribution >= 4 is 46.0 Å². The highest BCUT2D eigenvalue weighted by Crippen LogP contribution is 2.37. The van der Waals surface area contributed by atoms with Gasteiger partial charge in [-0.05, 0) is 37.6 Å². The minimum Gasteiger partial charge on any atom is -0.465 e. The van der Waals surface area contributed by atoms with Gasteiger partial charge in [0.25, 0.3) is 5.91 Å². The summed E-state index contributed by atoms with van der Waals surface area (Å²) in [6.45, 7) is 4.01. The van der Waals surface area contributed by atoms with Gasteiger partial charge in [-0.2, -0.15) is 0 Å². The number of nitrogens with zero attached hydrogens (tertiary/aromatic N) is 1. The molecule has 1 aromatic heterocycles. The molecule has 1 fully saturated rings. The fraction of sp³-hybridized carbons (Fsp3) is 0.125. The van der Waals surface area contributed by atoms with Crippen molar-refractivity contribution in [1.82, 2.24) is 0 Å². The number of amides is 1. The lowest BCUT2D eigenvalue weighted by atomic mass is 10.1. The molecule has 0 spiro atoms. The zero-order chi connectivity index (χ0) is 15.0. The minimum atomic E-state index is -0.103. The molecule has 1 aliphatic rings. The monoisotopic (exact) mass is 315 g/mol. The summed E-state index contributed by atoms with van der Waals surface area (Å²) in [4.78, 5) is 14.8. The highest BCUT2D eigenvalue weighted by molar-refractivity contribution is 8.27. The number of rotatable bonds is 2. The highest BCUT2D eigenvalue weighted by atomic mass is 32.2. The van der Waals surface area contributed by atoms with Crippen LogP contribution in [0.15, 0.2) is 45.9 Å². The van der Waals surface area contributed by atoms with Gasteiger partial charge in [0, 0.05) is 6.08 Å². The van der Waals surface area contributed by atoms with Crippen LogP contribution in [0.3, 0.4) is 0 Å². The van der Waals surface area contributed by atoms with Gasteiger partial charge >= 0.3 is 0 Å². The molecule has 0 radical (unpaired) electrons.